The number of hydrogen-bond donors (Lipinski definition) is 1. The maximum Gasteiger partial charge on any atom is 0.305 e. The van der Waals surface area contributed by atoms with Gasteiger partial charge in [0.15, 0.2) is 0 Å². The monoisotopic (exact) mass is 664 g/mol. The highest BCUT2D eigenvalue weighted by Gasteiger charge is 2.03. The zero-order chi connectivity index (χ0) is 33.4. The maximum absolute atomic E-state index is 11.9. The Bertz CT molecular complexity index is 621. The van der Waals surface area contributed by atoms with E-state index in [1.165, 1.54) is 83.5 Å². The molecule has 0 spiro atoms. The van der Waals surface area contributed by atoms with Crippen molar-refractivity contribution in [3.63, 3.8) is 0 Å². The van der Waals surface area contributed by atoms with E-state index in [-0.39, 0.29) is 25.6 Å². The van der Waals surface area contributed by atoms with E-state index in [2.05, 4.69) is 6.92 Å². The summed E-state index contributed by atoms with van der Waals surface area (Å²) in [4.78, 5) is 22.2. The normalized spacial score (nSPS) is 11.3. The summed E-state index contributed by atoms with van der Waals surface area (Å²) in [5.74, 6) is -1.01. The molecule has 0 amide bonds. The molecule has 0 fully saturated rings. The predicted octanol–water partition coefficient (Wildman–Crippen LogP) is 6.38. The summed E-state index contributed by atoms with van der Waals surface area (Å²) in [6.07, 6.45) is 20.2. The third-order valence-electron chi connectivity index (χ3n) is 7.17. The Balaban J connectivity index is 3.14. The second-order valence-electron chi connectivity index (χ2n) is 11.4. The van der Waals surface area contributed by atoms with E-state index < -0.39 is 5.97 Å². The molecule has 0 heterocycles. The Morgan fingerprint density at radius 1 is 0.370 bits per heavy atom. The van der Waals surface area contributed by atoms with Crippen LogP contribution in [0.5, 0.6) is 0 Å². The molecule has 0 aromatic carbocycles. The molecule has 46 heavy (non-hydrogen) atoms. The van der Waals surface area contributed by atoms with Crippen LogP contribution in [-0.2, 0) is 47.5 Å². The summed E-state index contributed by atoms with van der Waals surface area (Å²) in [7, 11) is 0. The zero-order valence-electron chi connectivity index (χ0n) is 29.2. The highest BCUT2D eigenvalue weighted by molar-refractivity contribution is 5.69. The van der Waals surface area contributed by atoms with E-state index in [9.17, 15) is 9.59 Å². The molecule has 11 nitrogen and oxygen atoms in total. The maximum atomic E-state index is 11.9. The van der Waals surface area contributed by atoms with Gasteiger partial charge in [0.05, 0.1) is 98.9 Å². The van der Waals surface area contributed by atoms with Gasteiger partial charge in [0.25, 0.3) is 0 Å². The van der Waals surface area contributed by atoms with Crippen LogP contribution in [0.15, 0.2) is 0 Å². The fourth-order valence-electron chi connectivity index (χ4n) is 4.51. The molecule has 0 saturated heterocycles. The number of carboxylic acid groups (broad SMARTS) is 1. The standard InChI is InChI=1S/C35H68O11/c1-2-3-4-5-6-7-8-9-10-11-12-13-14-15-16-17-35(38)46-33-32-45-31-30-44-29-28-43-27-26-42-25-24-41-23-22-40-21-20-39-19-18-34(36)37/h2-33H2,1H3,(H,36,37). The van der Waals surface area contributed by atoms with Gasteiger partial charge < -0.3 is 43.0 Å². The van der Waals surface area contributed by atoms with Crippen molar-refractivity contribution in [3.05, 3.63) is 0 Å². The van der Waals surface area contributed by atoms with Gasteiger partial charge in [0, 0.05) is 6.42 Å². The van der Waals surface area contributed by atoms with E-state index in [0.29, 0.717) is 92.3 Å². The molecular weight excluding hydrogens is 596 g/mol. The lowest BCUT2D eigenvalue weighted by atomic mass is 10.0. The van der Waals surface area contributed by atoms with Crippen molar-refractivity contribution in [2.75, 3.05) is 99.1 Å². The lowest BCUT2D eigenvalue weighted by Gasteiger charge is -2.08. The molecule has 1 N–H and O–H groups in total. The van der Waals surface area contributed by atoms with Crippen LogP contribution in [0.1, 0.15) is 116 Å². The lowest BCUT2D eigenvalue weighted by molar-refractivity contribution is -0.145. The summed E-state index contributed by atoms with van der Waals surface area (Å²) in [5.41, 5.74) is 0. The van der Waals surface area contributed by atoms with E-state index >= 15 is 0 Å². The number of unbranched alkanes of at least 4 members (excludes halogenated alkanes) is 14. The third-order valence-corrected chi connectivity index (χ3v) is 7.17. The molecule has 274 valence electrons. The molecule has 0 unspecified atom stereocenters. The largest absolute Gasteiger partial charge is 0.481 e. The van der Waals surface area contributed by atoms with Crippen LogP contribution >= 0.6 is 0 Å². The van der Waals surface area contributed by atoms with Crippen LogP contribution in [0.4, 0.5) is 0 Å². The quantitative estimate of drug-likeness (QED) is 0.0579. The molecule has 0 bridgehead atoms. The van der Waals surface area contributed by atoms with Crippen LogP contribution in [0.25, 0.3) is 0 Å². The molecule has 0 saturated carbocycles. The van der Waals surface area contributed by atoms with E-state index in [0.717, 1.165) is 12.8 Å². The number of carboxylic acids is 1. The molecule has 0 aromatic heterocycles. The van der Waals surface area contributed by atoms with Crippen molar-refractivity contribution in [1.82, 2.24) is 0 Å². The van der Waals surface area contributed by atoms with Gasteiger partial charge in [-0.05, 0) is 6.42 Å². The van der Waals surface area contributed by atoms with Gasteiger partial charge in [0.1, 0.15) is 6.61 Å². The predicted molar refractivity (Wildman–Crippen MR) is 178 cm³/mol. The Labute approximate surface area is 279 Å². The SMILES string of the molecule is CCCCCCCCCCCCCCCCCC(=O)OCCOCCOCCOCCOCCOCCOCCOCCC(=O)O. The van der Waals surface area contributed by atoms with E-state index in [4.69, 9.17) is 43.0 Å². The van der Waals surface area contributed by atoms with Gasteiger partial charge in [-0.15, -0.1) is 0 Å². The first-order valence-electron chi connectivity index (χ1n) is 18.1. The summed E-state index contributed by atoms with van der Waals surface area (Å²) < 4.78 is 42.9. The number of aliphatic carboxylic acids is 1. The first-order valence-corrected chi connectivity index (χ1v) is 18.1. The number of rotatable bonds is 40. The second-order valence-corrected chi connectivity index (χ2v) is 11.4. The van der Waals surface area contributed by atoms with Crippen molar-refractivity contribution in [2.45, 2.75) is 116 Å². The van der Waals surface area contributed by atoms with Crippen LogP contribution in [0.2, 0.25) is 0 Å². The van der Waals surface area contributed by atoms with Gasteiger partial charge >= 0.3 is 11.9 Å². The van der Waals surface area contributed by atoms with Crippen molar-refractivity contribution in [2.24, 2.45) is 0 Å². The average Bonchev–Trinajstić information content (AvgIpc) is 3.04. The van der Waals surface area contributed by atoms with Crippen molar-refractivity contribution in [3.8, 4) is 0 Å². The van der Waals surface area contributed by atoms with E-state index in [1.807, 2.05) is 0 Å². The van der Waals surface area contributed by atoms with Gasteiger partial charge in [-0.3, -0.25) is 9.59 Å². The van der Waals surface area contributed by atoms with Crippen LogP contribution in [0, 0.1) is 0 Å². The van der Waals surface area contributed by atoms with E-state index in [1.54, 1.807) is 0 Å². The summed E-state index contributed by atoms with van der Waals surface area (Å²) in [6.45, 7) is 8.59. The third kappa shape index (κ3) is 40.7. The molecule has 0 aromatic rings. The van der Waals surface area contributed by atoms with Crippen LogP contribution in [-0.4, -0.2) is 116 Å². The number of esters is 1. The number of hydrogen-bond acceptors (Lipinski definition) is 10. The van der Waals surface area contributed by atoms with Crippen molar-refractivity contribution in [1.29, 1.82) is 0 Å². The van der Waals surface area contributed by atoms with Crippen LogP contribution < -0.4 is 0 Å². The topological polar surface area (TPSA) is 128 Å². The van der Waals surface area contributed by atoms with Crippen LogP contribution in [0.3, 0.4) is 0 Å². The van der Waals surface area contributed by atoms with Gasteiger partial charge in [0.2, 0.25) is 0 Å². The molecule has 0 radical (unpaired) electrons. The Kier molecular flexibility index (Phi) is 38.7. The highest BCUT2D eigenvalue weighted by Crippen LogP contribution is 2.13. The molecule has 11 heteroatoms. The Morgan fingerprint density at radius 2 is 0.652 bits per heavy atom. The first kappa shape index (κ1) is 44.7. The Hall–Kier alpha value is -1.34. The minimum Gasteiger partial charge on any atom is -0.481 e. The molecule has 0 rings (SSSR count). The molecule has 0 aliphatic heterocycles. The van der Waals surface area contributed by atoms with Crippen molar-refractivity contribution < 1.29 is 52.6 Å². The molecule has 0 aliphatic rings. The summed E-state index contributed by atoms with van der Waals surface area (Å²) >= 11 is 0. The minimum atomic E-state index is -0.873. The molecular formula is C35H68O11. The lowest BCUT2D eigenvalue weighted by Crippen LogP contribution is -2.15. The molecule has 0 atom stereocenters. The van der Waals surface area contributed by atoms with Gasteiger partial charge in [-0.2, -0.15) is 0 Å². The minimum absolute atomic E-state index is 0.000891. The first-order chi connectivity index (χ1) is 22.7. The number of carbonyl (C=O) groups excluding carboxylic acids is 1. The van der Waals surface area contributed by atoms with Gasteiger partial charge in [-0.25, -0.2) is 0 Å². The van der Waals surface area contributed by atoms with Crippen molar-refractivity contribution >= 4 is 11.9 Å². The van der Waals surface area contributed by atoms with Gasteiger partial charge in [-0.1, -0.05) is 96.8 Å². The fourth-order valence-corrected chi connectivity index (χ4v) is 4.51. The average molecular weight is 665 g/mol. The fraction of sp³-hybridized carbons (Fsp3) is 0.943. The number of ether oxygens (including phenoxy) is 8. The second kappa shape index (κ2) is 39.8. The summed E-state index contributed by atoms with van der Waals surface area (Å²) in [5, 5.41) is 8.49. The smallest absolute Gasteiger partial charge is 0.305 e. The molecule has 0 aliphatic carbocycles. The summed E-state index contributed by atoms with van der Waals surface area (Å²) in [6, 6.07) is 0. The Morgan fingerprint density at radius 3 is 0.978 bits per heavy atom. The highest BCUT2D eigenvalue weighted by atomic mass is 16.6. The number of carbonyl (C=O) groups is 2. The zero-order valence-corrected chi connectivity index (χ0v) is 29.2.